The van der Waals surface area contributed by atoms with Crippen LogP contribution in [0.4, 0.5) is 0 Å². The molecule has 0 aromatic heterocycles. The Hall–Kier alpha value is -1.91. The zero-order valence-corrected chi connectivity index (χ0v) is 15.8. The first-order valence-corrected chi connectivity index (χ1v) is 8.69. The Morgan fingerprint density at radius 3 is 2.54 bits per heavy atom. The molecule has 0 saturated heterocycles. The van der Waals surface area contributed by atoms with E-state index in [2.05, 4.69) is 42.2 Å². The Morgan fingerprint density at radius 1 is 1.29 bits per heavy atom. The molecule has 0 aliphatic heterocycles. The van der Waals surface area contributed by atoms with Crippen LogP contribution in [0, 0.1) is 12.8 Å². The number of rotatable bonds is 7. The zero-order valence-electron chi connectivity index (χ0n) is 15.8. The van der Waals surface area contributed by atoms with E-state index in [-0.39, 0.29) is 0 Å². The van der Waals surface area contributed by atoms with Gasteiger partial charge in [-0.15, -0.1) is 0 Å². The third-order valence-electron chi connectivity index (χ3n) is 4.72. The summed E-state index contributed by atoms with van der Waals surface area (Å²) in [4.78, 5) is 6.60. The van der Waals surface area contributed by atoms with Gasteiger partial charge in [0.15, 0.2) is 17.5 Å². The molecule has 2 rings (SSSR count). The summed E-state index contributed by atoms with van der Waals surface area (Å²) in [6.07, 6.45) is 3.81. The van der Waals surface area contributed by atoms with E-state index in [9.17, 15) is 0 Å². The van der Waals surface area contributed by atoms with E-state index in [1.54, 1.807) is 14.2 Å². The largest absolute Gasteiger partial charge is 0.493 e. The summed E-state index contributed by atoms with van der Waals surface area (Å²) in [7, 11) is 7.25. The first-order valence-electron chi connectivity index (χ1n) is 8.69. The second-order valence-electron chi connectivity index (χ2n) is 6.57. The van der Waals surface area contributed by atoms with Crippen molar-refractivity contribution in [1.82, 2.24) is 10.2 Å². The molecule has 1 N–H and O–H groups in total. The quantitative estimate of drug-likeness (QED) is 0.615. The molecular formula is C19H31N3O2. The van der Waals surface area contributed by atoms with Gasteiger partial charge in [-0.05, 0) is 48.9 Å². The first-order chi connectivity index (χ1) is 11.5. The molecule has 5 heteroatoms. The zero-order chi connectivity index (χ0) is 17.7. The highest BCUT2D eigenvalue weighted by molar-refractivity contribution is 5.80. The van der Waals surface area contributed by atoms with Crippen molar-refractivity contribution in [1.29, 1.82) is 0 Å². The average molecular weight is 333 g/mol. The molecule has 1 saturated carbocycles. The number of hydrogen-bond donors (Lipinski definition) is 1. The van der Waals surface area contributed by atoms with Gasteiger partial charge >= 0.3 is 0 Å². The van der Waals surface area contributed by atoms with Crippen molar-refractivity contribution in [2.24, 2.45) is 10.9 Å². The molecule has 24 heavy (non-hydrogen) atoms. The molecule has 0 spiro atoms. The lowest BCUT2D eigenvalue weighted by Gasteiger charge is -2.24. The van der Waals surface area contributed by atoms with Crippen LogP contribution in [0.15, 0.2) is 17.1 Å². The number of aliphatic imine (C=N–C) groups is 1. The maximum absolute atomic E-state index is 5.43. The van der Waals surface area contributed by atoms with Gasteiger partial charge in [-0.3, -0.25) is 4.99 Å². The van der Waals surface area contributed by atoms with Gasteiger partial charge in [0, 0.05) is 26.7 Å². The fraction of sp³-hybridized carbons (Fsp3) is 0.632. The molecule has 1 aromatic carbocycles. The van der Waals surface area contributed by atoms with E-state index < -0.39 is 0 Å². The van der Waals surface area contributed by atoms with E-state index >= 15 is 0 Å². The Balaban J connectivity index is 2.04. The lowest BCUT2D eigenvalue weighted by atomic mass is 10.1. The van der Waals surface area contributed by atoms with Crippen molar-refractivity contribution >= 4 is 5.96 Å². The van der Waals surface area contributed by atoms with Gasteiger partial charge < -0.3 is 19.7 Å². The Morgan fingerprint density at radius 2 is 1.96 bits per heavy atom. The van der Waals surface area contributed by atoms with Crippen LogP contribution in [0.25, 0.3) is 0 Å². The van der Waals surface area contributed by atoms with Gasteiger partial charge in [-0.1, -0.05) is 13.3 Å². The minimum Gasteiger partial charge on any atom is -0.493 e. The average Bonchev–Trinajstić information content (AvgIpc) is 3.31. The maximum Gasteiger partial charge on any atom is 0.193 e. The number of aryl methyl sites for hydroxylation is 1. The van der Waals surface area contributed by atoms with Crippen LogP contribution in [0.3, 0.4) is 0 Å². The second-order valence-corrected chi connectivity index (χ2v) is 6.57. The predicted octanol–water partition coefficient (Wildman–Crippen LogP) is 3.21. The molecule has 0 bridgehead atoms. The Labute approximate surface area is 146 Å². The van der Waals surface area contributed by atoms with E-state index in [0.717, 1.165) is 29.9 Å². The van der Waals surface area contributed by atoms with Crippen molar-refractivity contribution in [2.45, 2.75) is 45.7 Å². The van der Waals surface area contributed by atoms with Gasteiger partial charge in [0.1, 0.15) is 0 Å². The number of hydrogen-bond acceptors (Lipinski definition) is 3. The smallest absolute Gasteiger partial charge is 0.193 e. The first kappa shape index (κ1) is 18.4. The monoisotopic (exact) mass is 333 g/mol. The number of nitrogens with one attached hydrogen (secondary N) is 1. The van der Waals surface area contributed by atoms with Crippen LogP contribution >= 0.6 is 0 Å². The van der Waals surface area contributed by atoms with Gasteiger partial charge in [0.25, 0.3) is 0 Å². The fourth-order valence-corrected chi connectivity index (χ4v) is 3.15. The van der Waals surface area contributed by atoms with Crippen LogP contribution in [0.5, 0.6) is 11.5 Å². The molecule has 1 aliphatic carbocycles. The Kier molecular flexibility index (Phi) is 6.35. The van der Waals surface area contributed by atoms with Crippen LogP contribution in [0.2, 0.25) is 0 Å². The SMILES string of the molecule is CCCC1CC1NC(=NC)N(C)Cc1cc(OC)c(OC)cc1C. The maximum atomic E-state index is 5.43. The van der Waals surface area contributed by atoms with Crippen LogP contribution in [0.1, 0.15) is 37.3 Å². The summed E-state index contributed by atoms with van der Waals surface area (Å²) in [6, 6.07) is 4.66. The number of guanidine groups is 1. The van der Waals surface area contributed by atoms with Gasteiger partial charge in [-0.2, -0.15) is 0 Å². The molecule has 2 atom stereocenters. The summed E-state index contributed by atoms with van der Waals surface area (Å²) < 4.78 is 10.8. The second kappa shape index (κ2) is 8.27. The summed E-state index contributed by atoms with van der Waals surface area (Å²) in [6.45, 7) is 5.12. The predicted molar refractivity (Wildman–Crippen MR) is 99.0 cm³/mol. The van der Waals surface area contributed by atoms with Crippen LogP contribution in [-0.2, 0) is 6.54 Å². The lowest BCUT2D eigenvalue weighted by Crippen LogP contribution is -2.40. The van der Waals surface area contributed by atoms with Crippen LogP contribution in [-0.4, -0.2) is 45.2 Å². The topological polar surface area (TPSA) is 46.1 Å². The third kappa shape index (κ3) is 4.34. The fourth-order valence-electron chi connectivity index (χ4n) is 3.15. The molecule has 0 amide bonds. The van der Waals surface area contributed by atoms with Crippen molar-refractivity contribution < 1.29 is 9.47 Å². The molecular weight excluding hydrogens is 302 g/mol. The van der Waals surface area contributed by atoms with Gasteiger partial charge in [0.2, 0.25) is 0 Å². The molecule has 0 heterocycles. The van der Waals surface area contributed by atoms with E-state index in [4.69, 9.17) is 9.47 Å². The van der Waals surface area contributed by atoms with Crippen molar-refractivity contribution in [3.8, 4) is 11.5 Å². The van der Waals surface area contributed by atoms with E-state index in [0.29, 0.717) is 6.04 Å². The highest BCUT2D eigenvalue weighted by atomic mass is 16.5. The third-order valence-corrected chi connectivity index (χ3v) is 4.72. The highest BCUT2D eigenvalue weighted by Gasteiger charge is 2.37. The standard InChI is InChI=1S/C19H31N3O2/c1-7-8-14-10-16(14)21-19(20-3)22(4)12-15-11-18(24-6)17(23-5)9-13(15)2/h9,11,14,16H,7-8,10,12H2,1-6H3,(H,20,21). The number of nitrogens with zero attached hydrogens (tertiary/aromatic N) is 2. The number of ether oxygens (including phenoxy) is 2. The number of methoxy groups -OCH3 is 2. The van der Waals surface area contributed by atoms with E-state index in [1.165, 1.54) is 30.4 Å². The van der Waals surface area contributed by atoms with Crippen molar-refractivity contribution in [2.75, 3.05) is 28.3 Å². The summed E-state index contributed by atoms with van der Waals surface area (Å²) in [5.74, 6) is 3.29. The molecule has 1 aliphatic rings. The van der Waals surface area contributed by atoms with Crippen molar-refractivity contribution in [3.05, 3.63) is 23.3 Å². The molecule has 1 aromatic rings. The van der Waals surface area contributed by atoms with Gasteiger partial charge in [-0.25, -0.2) is 0 Å². The normalized spacial score (nSPS) is 19.8. The highest BCUT2D eigenvalue weighted by Crippen LogP contribution is 2.35. The Bertz CT molecular complexity index is 586. The minimum atomic E-state index is 0.581. The number of benzene rings is 1. The summed E-state index contributed by atoms with van der Waals surface area (Å²) >= 11 is 0. The van der Waals surface area contributed by atoms with E-state index in [1.807, 2.05) is 13.1 Å². The molecule has 2 unspecified atom stereocenters. The van der Waals surface area contributed by atoms with Crippen LogP contribution < -0.4 is 14.8 Å². The molecule has 1 fully saturated rings. The molecule has 134 valence electrons. The van der Waals surface area contributed by atoms with Gasteiger partial charge in [0.05, 0.1) is 14.2 Å². The molecule has 0 radical (unpaired) electrons. The summed E-state index contributed by atoms with van der Waals surface area (Å²) in [5, 5.41) is 3.59. The van der Waals surface area contributed by atoms with Crippen molar-refractivity contribution in [3.63, 3.8) is 0 Å². The lowest BCUT2D eigenvalue weighted by molar-refractivity contribution is 0.353. The summed E-state index contributed by atoms with van der Waals surface area (Å²) in [5.41, 5.74) is 2.39. The molecule has 5 nitrogen and oxygen atoms in total. The minimum absolute atomic E-state index is 0.581.